The van der Waals surface area contributed by atoms with E-state index in [0.717, 1.165) is 39.0 Å². The number of nitrogens with zero attached hydrogens (tertiary/aromatic N) is 2. The molecule has 0 unspecified atom stereocenters. The third kappa shape index (κ3) is 16.4. The highest BCUT2D eigenvalue weighted by Crippen LogP contribution is 2.41. The number of piperidine rings is 2. The van der Waals surface area contributed by atoms with Gasteiger partial charge in [0.05, 0.1) is 61.5 Å². The van der Waals surface area contributed by atoms with Gasteiger partial charge in [0.2, 0.25) is 20.0 Å². The van der Waals surface area contributed by atoms with E-state index in [1.54, 1.807) is 72.8 Å². The Kier molecular flexibility index (Phi) is 21.9. The summed E-state index contributed by atoms with van der Waals surface area (Å²) in [4.78, 5) is 31.3. The first-order valence-corrected chi connectivity index (χ1v) is 31.6. The summed E-state index contributed by atoms with van der Waals surface area (Å²) in [5, 5.41) is 0. The molecule has 2 heterocycles. The van der Waals surface area contributed by atoms with E-state index in [0.29, 0.717) is 61.9 Å². The molecule has 18 heteroatoms. The molecule has 0 amide bonds. The van der Waals surface area contributed by atoms with Crippen LogP contribution in [0, 0.1) is 0 Å². The van der Waals surface area contributed by atoms with E-state index in [1.807, 2.05) is 12.1 Å². The minimum Gasteiger partial charge on any atom is -0.484 e. The van der Waals surface area contributed by atoms with E-state index in [9.17, 15) is 26.4 Å². The topological polar surface area (TPSA) is 188 Å². The van der Waals surface area contributed by atoms with Gasteiger partial charge in [-0.15, -0.1) is 0 Å². The summed E-state index contributed by atoms with van der Waals surface area (Å²) >= 11 is 0. The maximum absolute atomic E-state index is 13.0. The van der Waals surface area contributed by atoms with Gasteiger partial charge in [-0.2, -0.15) is 0 Å². The Balaban J connectivity index is 0.578. The highest BCUT2D eigenvalue weighted by molar-refractivity contribution is 7.89. The van der Waals surface area contributed by atoms with Gasteiger partial charge >= 0.3 is 0 Å². The van der Waals surface area contributed by atoms with Crippen molar-refractivity contribution in [2.75, 3.05) is 92.1 Å². The summed E-state index contributed by atoms with van der Waals surface area (Å²) in [6, 6.07) is 37.3. The van der Waals surface area contributed by atoms with Crippen molar-refractivity contribution in [3.63, 3.8) is 0 Å². The van der Waals surface area contributed by atoms with Crippen LogP contribution in [0.1, 0.15) is 119 Å². The van der Waals surface area contributed by atoms with Gasteiger partial charge in [0.1, 0.15) is 23.7 Å². The smallest absolute Gasteiger partial charge is 0.240 e. The maximum Gasteiger partial charge on any atom is 0.240 e. The molecule has 0 aromatic heterocycles. The predicted molar refractivity (Wildman–Crippen MR) is 306 cm³/mol. The number of rotatable bonds is 32. The Morgan fingerprint density at radius 2 is 0.838 bits per heavy atom. The molecule has 0 spiro atoms. The van der Waals surface area contributed by atoms with Crippen molar-refractivity contribution in [1.82, 2.24) is 19.2 Å². The van der Waals surface area contributed by atoms with Crippen molar-refractivity contribution in [2.24, 2.45) is 0 Å². The molecule has 2 aliphatic carbocycles. The van der Waals surface area contributed by atoms with Crippen LogP contribution in [0.2, 0.25) is 0 Å². The van der Waals surface area contributed by atoms with Gasteiger partial charge < -0.3 is 28.4 Å². The summed E-state index contributed by atoms with van der Waals surface area (Å²) < 4.78 is 92.9. The van der Waals surface area contributed by atoms with Gasteiger partial charge in [0, 0.05) is 50.3 Å². The standard InChI is InChI=1S/C62H78N4O12S2/c67-59(20-12-36-73-40-42-75-38-30-63-79(69,70)53-26-22-51(23-27-53)77-61-55-18-5-3-14-47(55)45-57(61)65-32-7-1-8-33-65)49-16-11-17-50(44-49)60(68)21-13-37-74-41-43-76-39-31-64-80(71,72)54-28-24-52(25-29-54)78-62-56-19-6-4-15-48(56)46-58(62)66-34-9-2-10-35-66/h3-6,11,14-19,22-29,44,57-58,61-64H,1-2,7-10,12-13,20-21,30-43,45-46H2/t57-,58-,61-,62-/m0/s1. The fourth-order valence-electron chi connectivity index (χ4n) is 11.3. The fraction of sp³-hybridized carbons (Fsp3) is 0.484. The van der Waals surface area contributed by atoms with Gasteiger partial charge in [-0.25, -0.2) is 26.3 Å². The highest BCUT2D eigenvalue weighted by Gasteiger charge is 2.40. The number of carbonyl (C=O) groups is 2. The van der Waals surface area contributed by atoms with Crippen LogP contribution in [-0.4, -0.2) is 142 Å². The zero-order chi connectivity index (χ0) is 55.6. The molecule has 0 radical (unpaired) electrons. The second-order valence-corrected chi connectivity index (χ2v) is 24.6. The quantitative estimate of drug-likeness (QED) is 0.0307. The van der Waals surface area contributed by atoms with E-state index in [4.69, 9.17) is 28.4 Å². The number of fused-ring (bicyclic) bond motifs is 2. The molecule has 4 atom stereocenters. The van der Waals surface area contributed by atoms with Crippen molar-refractivity contribution < 1.29 is 54.8 Å². The third-order valence-corrected chi connectivity index (χ3v) is 18.5. The van der Waals surface area contributed by atoms with Gasteiger partial charge in [-0.3, -0.25) is 19.4 Å². The molecule has 5 aromatic carbocycles. The molecular weight excluding hydrogens is 1060 g/mol. The number of nitrogens with one attached hydrogen (secondary N) is 2. The predicted octanol–water partition coefficient (Wildman–Crippen LogP) is 8.70. The Morgan fingerprint density at radius 1 is 0.450 bits per heavy atom. The monoisotopic (exact) mass is 1130 g/mol. The molecule has 16 nitrogen and oxygen atoms in total. The van der Waals surface area contributed by atoms with Gasteiger partial charge in [0.25, 0.3) is 0 Å². The lowest BCUT2D eigenvalue weighted by Gasteiger charge is -2.35. The van der Waals surface area contributed by atoms with E-state index in [1.165, 1.54) is 60.8 Å². The van der Waals surface area contributed by atoms with Crippen molar-refractivity contribution in [2.45, 2.75) is 111 Å². The summed E-state index contributed by atoms with van der Waals surface area (Å²) in [5.74, 6) is 1.10. The van der Waals surface area contributed by atoms with Crippen LogP contribution in [0.5, 0.6) is 11.5 Å². The number of carbonyl (C=O) groups excluding carboxylic acids is 2. The summed E-state index contributed by atoms with van der Waals surface area (Å²) in [6.45, 7) is 6.61. The molecular formula is C62H78N4O12S2. The van der Waals surface area contributed by atoms with Crippen LogP contribution in [0.25, 0.3) is 0 Å². The second-order valence-electron chi connectivity index (χ2n) is 21.0. The van der Waals surface area contributed by atoms with Crippen molar-refractivity contribution >= 4 is 31.6 Å². The second kappa shape index (κ2) is 29.6. The lowest BCUT2D eigenvalue weighted by molar-refractivity contribution is 0.0481. The SMILES string of the molecule is O=C(CCCOCCOCCNS(=O)(=O)c1ccc(O[C@H]2c3ccccc3C[C@@H]2N2CCCCC2)cc1)c1cccc(C(=O)CCCOCCOCCNS(=O)(=O)c2ccc(O[C@H]3c4ccccc4C[C@@H]3N3CCCCC3)cc2)c1. The number of hydrogen-bond donors (Lipinski definition) is 2. The van der Waals surface area contributed by atoms with Crippen LogP contribution in [0.15, 0.2) is 131 Å². The number of likely N-dealkylation sites (tertiary alicyclic amines) is 2. The average Bonchev–Trinajstić information content (AvgIpc) is 4.04. The molecule has 430 valence electrons. The van der Waals surface area contributed by atoms with Gasteiger partial charge in [-0.05, 0) is 154 Å². The van der Waals surface area contributed by atoms with Crippen molar-refractivity contribution in [1.29, 1.82) is 0 Å². The number of Topliss-reactive ketones (excluding diaryl/α,β-unsaturated/α-hetero) is 2. The largest absolute Gasteiger partial charge is 0.484 e. The number of ketones is 2. The highest BCUT2D eigenvalue weighted by atomic mass is 32.2. The molecule has 5 aromatic rings. The average molecular weight is 1140 g/mol. The van der Waals surface area contributed by atoms with Crippen LogP contribution in [-0.2, 0) is 51.8 Å². The molecule has 2 N–H and O–H groups in total. The zero-order valence-corrected chi connectivity index (χ0v) is 47.5. The maximum atomic E-state index is 13.0. The number of sulfonamides is 2. The zero-order valence-electron chi connectivity index (χ0n) is 45.9. The van der Waals surface area contributed by atoms with Crippen LogP contribution < -0.4 is 18.9 Å². The number of ether oxygens (including phenoxy) is 6. The number of benzene rings is 5. The number of hydrogen-bond acceptors (Lipinski definition) is 14. The van der Waals surface area contributed by atoms with Crippen LogP contribution in [0.3, 0.4) is 0 Å². The molecule has 2 saturated heterocycles. The fourth-order valence-corrected chi connectivity index (χ4v) is 13.3. The third-order valence-electron chi connectivity index (χ3n) is 15.5. The minimum absolute atomic E-state index is 0.0854. The van der Waals surface area contributed by atoms with Crippen molar-refractivity contribution in [3.8, 4) is 11.5 Å². The van der Waals surface area contributed by atoms with Crippen molar-refractivity contribution in [3.05, 3.63) is 155 Å². The molecule has 0 bridgehead atoms. The molecule has 0 saturated carbocycles. The Hall–Kier alpha value is -5.38. The molecule has 2 fully saturated rings. The first-order chi connectivity index (χ1) is 39.0. The van der Waals surface area contributed by atoms with E-state index in [-0.39, 0.29) is 98.0 Å². The van der Waals surface area contributed by atoms with Crippen LogP contribution >= 0.6 is 0 Å². The van der Waals surface area contributed by atoms with Gasteiger partial charge in [0.15, 0.2) is 11.6 Å². The van der Waals surface area contributed by atoms with E-state index in [2.05, 4.69) is 55.6 Å². The molecule has 9 rings (SSSR count). The minimum atomic E-state index is -3.75. The molecule has 2 aliphatic heterocycles. The summed E-state index contributed by atoms with van der Waals surface area (Å²) in [5.41, 5.74) is 5.95. The Labute approximate surface area is 472 Å². The molecule has 4 aliphatic rings. The summed E-state index contributed by atoms with van der Waals surface area (Å²) in [6.07, 6.45) is 10.5. The summed E-state index contributed by atoms with van der Waals surface area (Å²) in [7, 11) is -7.51. The van der Waals surface area contributed by atoms with E-state index < -0.39 is 20.0 Å². The Bertz CT molecular complexity index is 2810. The Morgan fingerprint density at radius 3 is 1.25 bits per heavy atom. The van der Waals surface area contributed by atoms with Crippen LogP contribution in [0.4, 0.5) is 0 Å². The van der Waals surface area contributed by atoms with Gasteiger partial charge in [-0.1, -0.05) is 79.6 Å². The lowest BCUT2D eigenvalue weighted by atomic mass is 10.0. The lowest BCUT2D eigenvalue weighted by Crippen LogP contribution is -2.43. The van der Waals surface area contributed by atoms with E-state index >= 15 is 0 Å². The first-order valence-electron chi connectivity index (χ1n) is 28.7. The molecule has 80 heavy (non-hydrogen) atoms. The first kappa shape index (κ1) is 59.2. The normalized spacial score (nSPS) is 19.6.